The predicted octanol–water partition coefficient (Wildman–Crippen LogP) is 2.11. The molecule has 0 bridgehead atoms. The van der Waals surface area contributed by atoms with Crippen molar-refractivity contribution in [2.75, 3.05) is 6.61 Å². The van der Waals surface area contributed by atoms with Gasteiger partial charge < -0.3 is 9.84 Å². The van der Waals surface area contributed by atoms with E-state index < -0.39 is 11.8 Å². The van der Waals surface area contributed by atoms with E-state index in [1.54, 1.807) is 37.3 Å². The van der Waals surface area contributed by atoms with Gasteiger partial charge in [0.25, 0.3) is 0 Å². The average molecular weight is 234 g/mol. The summed E-state index contributed by atoms with van der Waals surface area (Å²) in [5, 5.41) is 9.62. The summed E-state index contributed by atoms with van der Waals surface area (Å²) < 4.78 is 4.63. The van der Waals surface area contributed by atoms with Crippen molar-refractivity contribution in [1.82, 2.24) is 0 Å². The van der Waals surface area contributed by atoms with E-state index in [2.05, 4.69) is 4.74 Å². The van der Waals surface area contributed by atoms with E-state index in [9.17, 15) is 14.7 Å². The number of ketones is 1. The summed E-state index contributed by atoms with van der Waals surface area (Å²) in [7, 11) is 0. The van der Waals surface area contributed by atoms with E-state index in [0.29, 0.717) is 5.56 Å². The Labute approximate surface area is 99.5 Å². The van der Waals surface area contributed by atoms with Crippen molar-refractivity contribution in [2.24, 2.45) is 0 Å². The van der Waals surface area contributed by atoms with E-state index in [0.717, 1.165) is 6.08 Å². The van der Waals surface area contributed by atoms with Crippen molar-refractivity contribution in [1.29, 1.82) is 0 Å². The lowest BCUT2D eigenvalue weighted by Gasteiger charge is -2.00. The number of allylic oxidation sites excluding steroid dienone is 1. The molecule has 1 aromatic rings. The Balaban J connectivity index is 2.63. The molecule has 0 amide bonds. The van der Waals surface area contributed by atoms with Crippen LogP contribution in [0.5, 0.6) is 0 Å². The molecule has 1 N–H and O–H groups in total. The third kappa shape index (κ3) is 4.51. The predicted molar refractivity (Wildman–Crippen MR) is 63.3 cm³/mol. The largest absolute Gasteiger partial charge is 0.507 e. The molecule has 0 saturated heterocycles. The Kier molecular flexibility index (Phi) is 4.94. The van der Waals surface area contributed by atoms with Crippen molar-refractivity contribution < 1.29 is 19.4 Å². The number of carbonyl (C=O) groups excluding carboxylic acids is 2. The number of carbonyl (C=O) groups is 2. The standard InChI is InChI=1S/C13H14O4/c1-2-17-13(16)9-11(14)8-12(15)10-6-4-3-5-7-10/h3-8,15H,2,9H2,1H3/b12-8-. The first-order valence-electron chi connectivity index (χ1n) is 5.28. The second kappa shape index (κ2) is 6.48. The maximum absolute atomic E-state index is 11.4. The van der Waals surface area contributed by atoms with Gasteiger partial charge in [-0.1, -0.05) is 30.3 Å². The quantitative estimate of drug-likeness (QED) is 0.367. The average Bonchev–Trinajstić information content (AvgIpc) is 2.30. The van der Waals surface area contributed by atoms with E-state index in [1.165, 1.54) is 0 Å². The minimum atomic E-state index is -0.588. The van der Waals surface area contributed by atoms with Crippen LogP contribution in [0.25, 0.3) is 5.76 Å². The van der Waals surface area contributed by atoms with Crippen molar-refractivity contribution in [3.8, 4) is 0 Å². The maximum Gasteiger partial charge on any atom is 0.313 e. The number of aliphatic hydroxyl groups is 1. The smallest absolute Gasteiger partial charge is 0.313 e. The fourth-order valence-electron chi connectivity index (χ4n) is 1.25. The molecule has 0 radical (unpaired) electrons. The van der Waals surface area contributed by atoms with E-state index in [4.69, 9.17) is 0 Å². The van der Waals surface area contributed by atoms with Gasteiger partial charge in [0.05, 0.1) is 6.61 Å². The molecule has 4 nitrogen and oxygen atoms in total. The van der Waals surface area contributed by atoms with Gasteiger partial charge in [0.2, 0.25) is 0 Å². The summed E-state index contributed by atoms with van der Waals surface area (Å²) in [5.41, 5.74) is 0.532. The molecular formula is C13H14O4. The lowest BCUT2D eigenvalue weighted by molar-refractivity contribution is -0.144. The Bertz CT molecular complexity index is 420. The monoisotopic (exact) mass is 234 g/mol. The fourth-order valence-corrected chi connectivity index (χ4v) is 1.25. The molecule has 1 aromatic carbocycles. The highest BCUT2D eigenvalue weighted by Gasteiger charge is 2.09. The number of benzene rings is 1. The number of hydrogen-bond acceptors (Lipinski definition) is 4. The molecule has 17 heavy (non-hydrogen) atoms. The number of ether oxygens (including phenoxy) is 1. The summed E-state index contributed by atoms with van der Waals surface area (Å²) in [4.78, 5) is 22.4. The number of hydrogen-bond donors (Lipinski definition) is 1. The first-order chi connectivity index (χ1) is 8.13. The van der Waals surface area contributed by atoms with Crippen molar-refractivity contribution in [3.63, 3.8) is 0 Å². The molecule has 0 fully saturated rings. The zero-order valence-corrected chi connectivity index (χ0v) is 9.55. The van der Waals surface area contributed by atoms with E-state index in [-0.39, 0.29) is 18.8 Å². The van der Waals surface area contributed by atoms with Gasteiger partial charge in [0.1, 0.15) is 12.2 Å². The first kappa shape index (κ1) is 13.0. The Morgan fingerprint density at radius 3 is 2.53 bits per heavy atom. The zero-order chi connectivity index (χ0) is 12.7. The van der Waals surface area contributed by atoms with Crippen LogP contribution in [0.2, 0.25) is 0 Å². The summed E-state index contributed by atoms with van der Waals surface area (Å²) >= 11 is 0. The van der Waals surface area contributed by atoms with Gasteiger partial charge in [-0.05, 0) is 6.92 Å². The van der Waals surface area contributed by atoms with Gasteiger partial charge in [-0.15, -0.1) is 0 Å². The van der Waals surface area contributed by atoms with Gasteiger partial charge in [-0.2, -0.15) is 0 Å². The van der Waals surface area contributed by atoms with Gasteiger partial charge in [-0.25, -0.2) is 0 Å². The third-order valence-electron chi connectivity index (χ3n) is 1.99. The highest BCUT2D eigenvalue weighted by atomic mass is 16.5. The Hall–Kier alpha value is -2.10. The molecule has 0 aromatic heterocycles. The second-order valence-corrected chi connectivity index (χ2v) is 3.34. The normalized spacial score (nSPS) is 11.0. The van der Waals surface area contributed by atoms with Crippen LogP contribution < -0.4 is 0 Å². The van der Waals surface area contributed by atoms with E-state index in [1.807, 2.05) is 0 Å². The lowest BCUT2D eigenvalue weighted by atomic mass is 10.1. The number of rotatable bonds is 5. The Morgan fingerprint density at radius 2 is 1.94 bits per heavy atom. The van der Waals surface area contributed by atoms with Crippen LogP contribution in [0.4, 0.5) is 0 Å². The van der Waals surface area contributed by atoms with Gasteiger partial charge in [0.15, 0.2) is 5.78 Å². The highest BCUT2D eigenvalue weighted by molar-refractivity contribution is 6.04. The van der Waals surface area contributed by atoms with Crippen LogP contribution >= 0.6 is 0 Å². The molecule has 0 saturated carbocycles. The van der Waals surface area contributed by atoms with Gasteiger partial charge in [-0.3, -0.25) is 9.59 Å². The summed E-state index contributed by atoms with van der Waals surface area (Å²) in [6.45, 7) is 1.90. The zero-order valence-electron chi connectivity index (χ0n) is 9.55. The third-order valence-corrected chi connectivity index (χ3v) is 1.99. The topological polar surface area (TPSA) is 63.6 Å². The first-order valence-corrected chi connectivity index (χ1v) is 5.28. The van der Waals surface area contributed by atoms with Crippen LogP contribution in [0.15, 0.2) is 36.4 Å². The lowest BCUT2D eigenvalue weighted by Crippen LogP contribution is -2.09. The molecule has 0 aliphatic heterocycles. The summed E-state index contributed by atoms with van der Waals surface area (Å²) in [6.07, 6.45) is 0.678. The van der Waals surface area contributed by atoms with Gasteiger partial charge in [0, 0.05) is 11.6 Å². The van der Waals surface area contributed by atoms with Crippen LogP contribution in [0, 0.1) is 0 Å². The molecule has 0 aliphatic carbocycles. The summed E-state index contributed by atoms with van der Waals surface area (Å²) in [5.74, 6) is -1.22. The highest BCUT2D eigenvalue weighted by Crippen LogP contribution is 2.10. The molecule has 90 valence electrons. The van der Waals surface area contributed by atoms with Crippen molar-refractivity contribution in [2.45, 2.75) is 13.3 Å². The SMILES string of the molecule is CCOC(=O)CC(=O)/C=C(\O)c1ccccc1. The van der Waals surface area contributed by atoms with Crippen LogP contribution in [0.3, 0.4) is 0 Å². The number of esters is 1. The maximum atomic E-state index is 11.4. The molecule has 0 spiro atoms. The second-order valence-electron chi connectivity index (χ2n) is 3.34. The Morgan fingerprint density at radius 1 is 1.29 bits per heavy atom. The number of aliphatic hydroxyl groups excluding tert-OH is 1. The van der Waals surface area contributed by atoms with Crippen LogP contribution in [0.1, 0.15) is 18.9 Å². The molecule has 0 heterocycles. The van der Waals surface area contributed by atoms with Crippen LogP contribution in [-0.2, 0) is 14.3 Å². The fraction of sp³-hybridized carbons (Fsp3) is 0.231. The van der Waals surface area contributed by atoms with Gasteiger partial charge >= 0.3 is 5.97 Å². The molecule has 1 rings (SSSR count). The minimum absolute atomic E-state index is 0.153. The molecule has 4 heteroatoms. The molecule has 0 atom stereocenters. The van der Waals surface area contributed by atoms with Crippen LogP contribution in [-0.4, -0.2) is 23.5 Å². The van der Waals surface area contributed by atoms with Crippen molar-refractivity contribution >= 4 is 17.5 Å². The van der Waals surface area contributed by atoms with E-state index >= 15 is 0 Å². The van der Waals surface area contributed by atoms with Crippen molar-refractivity contribution in [3.05, 3.63) is 42.0 Å². The molecular weight excluding hydrogens is 220 g/mol. The summed E-state index contributed by atoms with van der Waals surface area (Å²) in [6, 6.07) is 8.63. The molecule has 0 unspecified atom stereocenters. The minimum Gasteiger partial charge on any atom is -0.507 e. The molecule has 0 aliphatic rings.